The summed E-state index contributed by atoms with van der Waals surface area (Å²) in [5.74, 6) is 0. The van der Waals surface area contributed by atoms with Gasteiger partial charge in [0, 0.05) is 5.39 Å². The monoisotopic (exact) mass is 209 g/mol. The summed E-state index contributed by atoms with van der Waals surface area (Å²) in [6.07, 6.45) is 0. The van der Waals surface area contributed by atoms with E-state index in [-0.39, 0.29) is 0 Å². The van der Waals surface area contributed by atoms with Gasteiger partial charge in [-0.3, -0.25) is 0 Å². The summed E-state index contributed by atoms with van der Waals surface area (Å²) in [6, 6.07) is 9.82. The van der Waals surface area contributed by atoms with E-state index in [0.717, 1.165) is 16.5 Å². The number of aromatic nitrogens is 4. The Morgan fingerprint density at radius 1 is 1.38 bits per heavy atom. The van der Waals surface area contributed by atoms with Crippen molar-refractivity contribution in [1.29, 1.82) is 5.26 Å². The molecule has 0 N–H and O–H groups in total. The third-order valence-corrected chi connectivity index (χ3v) is 2.61. The maximum atomic E-state index is 9.02. The highest BCUT2D eigenvalue weighted by atomic mass is 15.5. The lowest BCUT2D eigenvalue weighted by Crippen LogP contribution is -1.95. The number of fused-ring (bicyclic) bond motifs is 3. The number of benzene rings is 1. The predicted octanol–water partition coefficient (Wildman–Crippen LogP) is 1.46. The summed E-state index contributed by atoms with van der Waals surface area (Å²) in [5.41, 5.74) is 3.02. The average Bonchev–Trinajstić information content (AvgIpc) is 2.76. The summed E-state index contributed by atoms with van der Waals surface area (Å²) in [6.45, 7) is 2.00. The average molecular weight is 209 g/mol. The SMILES string of the molecule is Cc1cccc2cc(C#N)c3nnnn3c12. The van der Waals surface area contributed by atoms with E-state index in [9.17, 15) is 0 Å². The molecule has 0 radical (unpaired) electrons. The second-order valence-electron chi connectivity index (χ2n) is 3.60. The summed E-state index contributed by atoms with van der Waals surface area (Å²) in [7, 11) is 0. The van der Waals surface area contributed by atoms with Crippen molar-refractivity contribution in [1.82, 2.24) is 20.0 Å². The first-order valence-electron chi connectivity index (χ1n) is 4.82. The molecule has 16 heavy (non-hydrogen) atoms. The largest absolute Gasteiger partial charge is 0.197 e. The van der Waals surface area contributed by atoms with E-state index in [2.05, 4.69) is 21.6 Å². The van der Waals surface area contributed by atoms with Gasteiger partial charge < -0.3 is 0 Å². The molecule has 0 atom stereocenters. The molecule has 0 spiro atoms. The van der Waals surface area contributed by atoms with Gasteiger partial charge in [0.1, 0.15) is 6.07 Å². The highest BCUT2D eigenvalue weighted by molar-refractivity contribution is 5.86. The van der Waals surface area contributed by atoms with E-state index in [1.54, 1.807) is 4.52 Å². The lowest BCUT2D eigenvalue weighted by molar-refractivity contribution is 0.840. The van der Waals surface area contributed by atoms with E-state index in [4.69, 9.17) is 5.26 Å². The van der Waals surface area contributed by atoms with Gasteiger partial charge in [-0.2, -0.15) is 9.78 Å². The topological polar surface area (TPSA) is 66.9 Å². The Balaban J connectivity index is 2.66. The minimum atomic E-state index is 0.489. The van der Waals surface area contributed by atoms with Crippen molar-refractivity contribution >= 4 is 16.6 Å². The second kappa shape index (κ2) is 3.00. The number of pyridine rings is 1. The Labute approximate surface area is 90.9 Å². The number of hydrogen-bond donors (Lipinski definition) is 0. The van der Waals surface area contributed by atoms with Crippen LogP contribution in [0, 0.1) is 18.3 Å². The van der Waals surface area contributed by atoms with Crippen LogP contribution in [0.15, 0.2) is 24.3 Å². The first-order chi connectivity index (χ1) is 7.81. The fourth-order valence-electron chi connectivity index (χ4n) is 1.90. The normalized spacial score (nSPS) is 10.8. The molecule has 0 aliphatic carbocycles. The number of tetrazole rings is 1. The zero-order valence-corrected chi connectivity index (χ0v) is 8.55. The van der Waals surface area contributed by atoms with Crippen LogP contribution in [0.5, 0.6) is 0 Å². The van der Waals surface area contributed by atoms with Gasteiger partial charge >= 0.3 is 0 Å². The van der Waals surface area contributed by atoms with Crippen molar-refractivity contribution in [3.8, 4) is 6.07 Å². The van der Waals surface area contributed by atoms with E-state index in [1.807, 2.05) is 31.2 Å². The van der Waals surface area contributed by atoms with Crippen molar-refractivity contribution in [3.63, 3.8) is 0 Å². The van der Waals surface area contributed by atoms with Crippen molar-refractivity contribution < 1.29 is 0 Å². The molecule has 0 unspecified atom stereocenters. The molecule has 76 valence electrons. The molecule has 0 saturated heterocycles. The summed E-state index contributed by atoms with van der Waals surface area (Å²) in [4.78, 5) is 0. The van der Waals surface area contributed by atoms with Gasteiger partial charge in [-0.05, 0) is 29.0 Å². The zero-order valence-electron chi connectivity index (χ0n) is 8.55. The molecule has 2 heterocycles. The molecule has 0 aliphatic heterocycles. The number of nitrogens with zero attached hydrogens (tertiary/aromatic N) is 5. The Morgan fingerprint density at radius 2 is 2.25 bits per heavy atom. The van der Waals surface area contributed by atoms with Crippen LogP contribution in [-0.2, 0) is 0 Å². The van der Waals surface area contributed by atoms with Gasteiger partial charge in [0.2, 0.25) is 0 Å². The fourth-order valence-corrected chi connectivity index (χ4v) is 1.90. The number of aryl methyl sites for hydroxylation is 1. The van der Waals surface area contributed by atoms with E-state index >= 15 is 0 Å². The second-order valence-corrected chi connectivity index (χ2v) is 3.60. The van der Waals surface area contributed by atoms with E-state index in [0.29, 0.717) is 11.2 Å². The zero-order chi connectivity index (χ0) is 11.1. The van der Waals surface area contributed by atoms with Crippen molar-refractivity contribution in [2.24, 2.45) is 0 Å². The van der Waals surface area contributed by atoms with Crippen LogP contribution >= 0.6 is 0 Å². The van der Waals surface area contributed by atoms with Crippen molar-refractivity contribution in [2.45, 2.75) is 6.92 Å². The standard InChI is InChI=1S/C11H7N5/c1-7-3-2-4-8-5-9(6-12)11-13-14-15-16(11)10(7)8/h2-5H,1H3. The molecule has 0 bridgehead atoms. The van der Waals surface area contributed by atoms with Crippen LogP contribution in [0.25, 0.3) is 16.6 Å². The molecule has 3 aromatic rings. The molecular formula is C11H7N5. The molecule has 3 rings (SSSR count). The lowest BCUT2D eigenvalue weighted by atomic mass is 10.1. The Morgan fingerprint density at radius 3 is 3.06 bits per heavy atom. The summed E-state index contributed by atoms with van der Waals surface area (Å²) < 4.78 is 1.61. The third kappa shape index (κ3) is 1.01. The van der Waals surface area contributed by atoms with E-state index in [1.165, 1.54) is 0 Å². The molecule has 0 amide bonds. The minimum Gasteiger partial charge on any atom is -0.192 e. The van der Waals surface area contributed by atoms with Gasteiger partial charge in [0.15, 0.2) is 5.65 Å². The quantitative estimate of drug-likeness (QED) is 0.562. The molecule has 2 aromatic heterocycles. The Kier molecular flexibility index (Phi) is 1.65. The number of hydrogen-bond acceptors (Lipinski definition) is 4. The number of rotatable bonds is 0. The number of para-hydroxylation sites is 1. The van der Waals surface area contributed by atoms with Crippen LogP contribution in [0.2, 0.25) is 0 Å². The van der Waals surface area contributed by atoms with E-state index < -0.39 is 0 Å². The van der Waals surface area contributed by atoms with Gasteiger partial charge in [-0.15, -0.1) is 5.10 Å². The summed E-state index contributed by atoms with van der Waals surface area (Å²) >= 11 is 0. The first-order valence-corrected chi connectivity index (χ1v) is 4.82. The van der Waals surface area contributed by atoms with Gasteiger partial charge in [-0.1, -0.05) is 18.2 Å². The highest BCUT2D eigenvalue weighted by Crippen LogP contribution is 2.21. The smallest absolute Gasteiger partial charge is 0.192 e. The minimum absolute atomic E-state index is 0.489. The Hall–Kier alpha value is -2.48. The highest BCUT2D eigenvalue weighted by Gasteiger charge is 2.10. The van der Waals surface area contributed by atoms with Crippen LogP contribution in [0.1, 0.15) is 11.1 Å². The number of nitriles is 1. The molecule has 0 saturated carbocycles. The van der Waals surface area contributed by atoms with Crippen LogP contribution in [-0.4, -0.2) is 20.0 Å². The fraction of sp³-hybridized carbons (Fsp3) is 0.0909. The molecule has 5 heteroatoms. The molecular weight excluding hydrogens is 202 g/mol. The van der Waals surface area contributed by atoms with Crippen LogP contribution in [0.3, 0.4) is 0 Å². The molecule has 1 aromatic carbocycles. The van der Waals surface area contributed by atoms with Crippen LogP contribution < -0.4 is 0 Å². The molecule has 0 aliphatic rings. The van der Waals surface area contributed by atoms with Crippen molar-refractivity contribution in [2.75, 3.05) is 0 Å². The third-order valence-electron chi connectivity index (χ3n) is 2.61. The maximum absolute atomic E-state index is 9.02. The first kappa shape index (κ1) is 8.80. The lowest BCUT2D eigenvalue weighted by Gasteiger charge is -2.03. The summed E-state index contributed by atoms with van der Waals surface area (Å²) in [5, 5.41) is 21.4. The predicted molar refractivity (Wildman–Crippen MR) is 57.7 cm³/mol. The van der Waals surface area contributed by atoms with Gasteiger partial charge in [0.25, 0.3) is 0 Å². The van der Waals surface area contributed by atoms with Crippen molar-refractivity contribution in [3.05, 3.63) is 35.4 Å². The van der Waals surface area contributed by atoms with Crippen LogP contribution in [0.4, 0.5) is 0 Å². The van der Waals surface area contributed by atoms with Gasteiger partial charge in [0.05, 0.1) is 11.1 Å². The maximum Gasteiger partial charge on any atom is 0.197 e. The molecule has 5 nitrogen and oxygen atoms in total. The Bertz CT molecular complexity index is 735. The molecule has 0 fully saturated rings. The van der Waals surface area contributed by atoms with Gasteiger partial charge in [-0.25, -0.2) is 0 Å².